The van der Waals surface area contributed by atoms with Crippen LogP contribution in [0.3, 0.4) is 0 Å². The summed E-state index contributed by atoms with van der Waals surface area (Å²) in [6, 6.07) is 19.9. The van der Waals surface area contributed by atoms with Gasteiger partial charge in [0.15, 0.2) is 0 Å². The van der Waals surface area contributed by atoms with Crippen molar-refractivity contribution in [3.63, 3.8) is 0 Å². The number of nitrogens with zero attached hydrogens (tertiary/aromatic N) is 2. The van der Waals surface area contributed by atoms with E-state index < -0.39 is 16.3 Å². The van der Waals surface area contributed by atoms with Crippen LogP contribution >= 0.6 is 6.49 Å². The number of benzene rings is 3. The zero-order chi connectivity index (χ0) is 20.1. The summed E-state index contributed by atoms with van der Waals surface area (Å²) in [6.45, 7) is -3.23. The maximum Gasteiger partial charge on any atom is 0.319 e. The van der Waals surface area contributed by atoms with Crippen molar-refractivity contribution >= 4 is 35.0 Å². The van der Waals surface area contributed by atoms with Gasteiger partial charge in [0.1, 0.15) is 11.5 Å². The van der Waals surface area contributed by atoms with Crippen molar-refractivity contribution in [2.45, 2.75) is 0 Å². The highest BCUT2D eigenvalue weighted by molar-refractivity contribution is 8.13. The molecule has 28 heavy (non-hydrogen) atoms. The zero-order valence-corrected chi connectivity index (χ0v) is 15.9. The molecule has 3 rings (SSSR count). The fraction of sp³-hybridized carbons (Fsp3) is 0. The summed E-state index contributed by atoms with van der Waals surface area (Å²) in [5.41, 5.74) is -0.301. The lowest BCUT2D eigenvalue weighted by atomic mass is 10.3. The second kappa shape index (κ2) is 8.16. The van der Waals surface area contributed by atoms with E-state index in [9.17, 15) is 20.2 Å². The minimum Gasteiger partial charge on any atom is -0.432 e. The zero-order valence-electron chi connectivity index (χ0n) is 14.2. The van der Waals surface area contributed by atoms with Gasteiger partial charge in [0.25, 0.3) is 11.4 Å². The van der Waals surface area contributed by atoms with Crippen molar-refractivity contribution in [2.75, 3.05) is 0 Å². The molecule has 0 atom stereocenters. The second-order valence-electron chi connectivity index (χ2n) is 5.52. The van der Waals surface area contributed by atoms with Crippen LogP contribution in [0.15, 0.2) is 78.9 Å². The summed E-state index contributed by atoms with van der Waals surface area (Å²) >= 11 is 5.68. The first kappa shape index (κ1) is 19.5. The molecule has 3 aromatic rings. The van der Waals surface area contributed by atoms with Crippen molar-refractivity contribution in [1.29, 1.82) is 0 Å². The van der Waals surface area contributed by atoms with Crippen LogP contribution in [0, 0.1) is 20.2 Å². The Balaban J connectivity index is 2.01. The molecule has 0 unspecified atom stereocenters. The van der Waals surface area contributed by atoms with Gasteiger partial charge in [0.2, 0.25) is 0 Å². The van der Waals surface area contributed by atoms with Crippen LogP contribution in [0.1, 0.15) is 0 Å². The second-order valence-corrected chi connectivity index (χ2v) is 8.84. The lowest BCUT2D eigenvalue weighted by Gasteiger charge is -2.24. The Labute approximate surface area is 164 Å². The molecule has 0 aliphatic rings. The fourth-order valence-electron chi connectivity index (χ4n) is 2.32. The van der Waals surface area contributed by atoms with Gasteiger partial charge in [-0.3, -0.25) is 20.2 Å². The van der Waals surface area contributed by atoms with Gasteiger partial charge in [0.05, 0.1) is 27.3 Å². The molecule has 142 valence electrons. The van der Waals surface area contributed by atoms with Gasteiger partial charge in [-0.2, -0.15) is 0 Å². The van der Waals surface area contributed by atoms with Crippen LogP contribution < -0.4 is 14.4 Å². The topological polar surface area (TPSA) is 105 Å². The van der Waals surface area contributed by atoms with E-state index in [0.717, 1.165) is 0 Å². The molecule has 0 saturated carbocycles. The lowest BCUT2D eigenvalue weighted by Crippen LogP contribution is -2.14. The third-order valence-corrected chi connectivity index (χ3v) is 6.49. The van der Waals surface area contributed by atoms with Gasteiger partial charge in [-0.25, -0.2) is 0 Å². The molecular weight excluding hydrogens is 403 g/mol. The molecule has 0 aliphatic heterocycles. The Morgan fingerprint density at radius 3 is 1.61 bits per heavy atom. The normalized spacial score (nSPS) is 10.9. The van der Waals surface area contributed by atoms with Crippen LogP contribution in [-0.2, 0) is 11.8 Å². The lowest BCUT2D eigenvalue weighted by molar-refractivity contribution is -0.385. The van der Waals surface area contributed by atoms with Crippen LogP contribution in [0.2, 0.25) is 0 Å². The highest BCUT2D eigenvalue weighted by Gasteiger charge is 2.27. The summed E-state index contributed by atoms with van der Waals surface area (Å²) in [6.07, 6.45) is 0. The van der Waals surface area contributed by atoms with Crippen LogP contribution in [-0.4, -0.2) is 9.85 Å². The van der Waals surface area contributed by atoms with E-state index in [2.05, 4.69) is 0 Å². The summed E-state index contributed by atoms with van der Waals surface area (Å²) in [7, 11) is 0. The van der Waals surface area contributed by atoms with Crippen molar-refractivity contribution in [2.24, 2.45) is 0 Å². The monoisotopic (exact) mass is 416 g/mol. The molecular formula is C18H13N2O6PS. The number of hydrogen-bond donors (Lipinski definition) is 0. The Hall–Kier alpha value is -3.29. The highest BCUT2D eigenvalue weighted by atomic mass is 32.5. The van der Waals surface area contributed by atoms with Gasteiger partial charge in [0, 0.05) is 12.1 Å². The standard InChI is InChI=1S/C18H13N2O6PS/c21-19(22)14-6-4-8-16(12-14)25-27(28,18-10-2-1-3-11-18)26-17-9-5-7-15(13-17)20(23)24/h1-13H. The Morgan fingerprint density at radius 2 is 1.18 bits per heavy atom. The molecule has 0 saturated heterocycles. The average Bonchev–Trinajstić information content (AvgIpc) is 2.69. The van der Waals surface area contributed by atoms with Crippen LogP contribution in [0.5, 0.6) is 11.5 Å². The van der Waals surface area contributed by atoms with Crippen molar-refractivity contribution in [1.82, 2.24) is 0 Å². The molecule has 0 aliphatic carbocycles. The third-order valence-electron chi connectivity index (χ3n) is 3.58. The average molecular weight is 416 g/mol. The molecule has 0 radical (unpaired) electrons. The number of nitro benzene ring substituents is 2. The molecule has 0 bridgehead atoms. The Morgan fingerprint density at radius 1 is 0.714 bits per heavy atom. The predicted octanol–water partition coefficient (Wildman–Crippen LogP) is 4.60. The van der Waals surface area contributed by atoms with Crippen molar-refractivity contribution < 1.29 is 18.9 Å². The largest absolute Gasteiger partial charge is 0.432 e. The first-order valence-electron chi connectivity index (χ1n) is 7.91. The number of hydrogen-bond acceptors (Lipinski definition) is 7. The third kappa shape index (κ3) is 4.51. The van der Waals surface area contributed by atoms with E-state index in [1.165, 1.54) is 48.5 Å². The van der Waals surface area contributed by atoms with E-state index in [1.54, 1.807) is 30.3 Å². The van der Waals surface area contributed by atoms with Crippen molar-refractivity contribution in [3.05, 3.63) is 99.1 Å². The molecule has 0 heterocycles. The quantitative estimate of drug-likeness (QED) is 0.315. The predicted molar refractivity (Wildman–Crippen MR) is 108 cm³/mol. The fourth-order valence-corrected chi connectivity index (χ4v) is 4.77. The molecule has 0 N–H and O–H groups in total. The summed E-state index contributed by atoms with van der Waals surface area (Å²) in [5.74, 6) is 0.346. The molecule has 10 heteroatoms. The van der Waals surface area contributed by atoms with E-state index >= 15 is 0 Å². The van der Waals surface area contributed by atoms with Gasteiger partial charge < -0.3 is 9.05 Å². The van der Waals surface area contributed by atoms with E-state index in [-0.39, 0.29) is 22.9 Å². The summed E-state index contributed by atoms with van der Waals surface area (Å²) < 4.78 is 11.8. The molecule has 0 spiro atoms. The molecule has 0 amide bonds. The van der Waals surface area contributed by atoms with Crippen LogP contribution in [0.4, 0.5) is 11.4 Å². The number of non-ortho nitro benzene ring substituents is 2. The molecule has 8 nitrogen and oxygen atoms in total. The minimum atomic E-state index is -3.23. The highest BCUT2D eigenvalue weighted by Crippen LogP contribution is 2.48. The first-order chi connectivity index (χ1) is 13.4. The maximum absolute atomic E-state index is 11.0. The van der Waals surface area contributed by atoms with Crippen molar-refractivity contribution in [3.8, 4) is 11.5 Å². The van der Waals surface area contributed by atoms with E-state index in [0.29, 0.717) is 5.30 Å². The van der Waals surface area contributed by atoms with E-state index in [4.69, 9.17) is 20.9 Å². The van der Waals surface area contributed by atoms with Gasteiger partial charge in [-0.1, -0.05) is 30.3 Å². The smallest absolute Gasteiger partial charge is 0.319 e. The van der Waals surface area contributed by atoms with Gasteiger partial charge >= 0.3 is 6.49 Å². The van der Waals surface area contributed by atoms with Gasteiger partial charge in [-0.05, 0) is 36.1 Å². The Kier molecular flexibility index (Phi) is 5.67. The van der Waals surface area contributed by atoms with Gasteiger partial charge in [-0.15, -0.1) is 0 Å². The molecule has 3 aromatic carbocycles. The van der Waals surface area contributed by atoms with E-state index in [1.807, 2.05) is 0 Å². The summed E-state index contributed by atoms with van der Waals surface area (Å²) in [5, 5.41) is 22.6. The number of rotatable bonds is 7. The molecule has 0 fully saturated rings. The first-order valence-corrected chi connectivity index (χ1v) is 10.5. The summed E-state index contributed by atoms with van der Waals surface area (Å²) in [4.78, 5) is 21.0. The van der Waals surface area contributed by atoms with Crippen LogP contribution in [0.25, 0.3) is 0 Å². The SMILES string of the molecule is O=[N+]([O-])c1cccc(OP(=S)(Oc2cccc([N+](=O)[O-])c2)c2ccccc2)c1. The molecule has 0 aromatic heterocycles. The number of nitro groups is 2. The Bertz CT molecular complexity index is 1010. The minimum absolute atomic E-state index is 0.150. The maximum atomic E-state index is 11.0.